The Hall–Kier alpha value is -3.58. The summed E-state index contributed by atoms with van der Waals surface area (Å²) in [6, 6.07) is 9.19. The SMILES string of the molecule is C=CCOc1c(Cl)cc(/C=C2\C(=O)NC(=O)N(c3ccccc3C)C2=O)cc1OC. The van der Waals surface area contributed by atoms with Crippen molar-refractivity contribution in [3.63, 3.8) is 0 Å². The molecule has 30 heavy (non-hydrogen) atoms. The number of ether oxygens (including phenoxy) is 2. The van der Waals surface area contributed by atoms with Crippen LogP contribution in [0.5, 0.6) is 11.5 Å². The molecule has 0 atom stereocenters. The maximum Gasteiger partial charge on any atom is 0.335 e. The molecule has 154 valence electrons. The van der Waals surface area contributed by atoms with Gasteiger partial charge in [0, 0.05) is 0 Å². The fourth-order valence-electron chi connectivity index (χ4n) is 2.96. The van der Waals surface area contributed by atoms with Crippen LogP contribution in [0.4, 0.5) is 10.5 Å². The number of hydrogen-bond donors (Lipinski definition) is 1. The number of aryl methyl sites for hydroxylation is 1. The molecule has 3 rings (SSSR count). The molecule has 0 saturated carbocycles. The summed E-state index contributed by atoms with van der Waals surface area (Å²) in [6.07, 6.45) is 2.91. The Labute approximate surface area is 178 Å². The number of hydrogen-bond acceptors (Lipinski definition) is 5. The molecule has 1 saturated heterocycles. The van der Waals surface area contributed by atoms with E-state index < -0.39 is 17.8 Å². The second-order valence-electron chi connectivity index (χ2n) is 6.38. The number of carbonyl (C=O) groups excluding carboxylic acids is 3. The van der Waals surface area contributed by atoms with Gasteiger partial charge in [0.25, 0.3) is 11.8 Å². The summed E-state index contributed by atoms with van der Waals surface area (Å²) in [5, 5.41) is 2.43. The summed E-state index contributed by atoms with van der Waals surface area (Å²) < 4.78 is 10.8. The predicted molar refractivity (Wildman–Crippen MR) is 114 cm³/mol. The lowest BCUT2D eigenvalue weighted by atomic mass is 10.1. The molecular weight excluding hydrogens is 408 g/mol. The van der Waals surface area contributed by atoms with E-state index in [9.17, 15) is 14.4 Å². The lowest BCUT2D eigenvalue weighted by Crippen LogP contribution is -2.54. The molecule has 7 nitrogen and oxygen atoms in total. The van der Waals surface area contributed by atoms with Gasteiger partial charge >= 0.3 is 6.03 Å². The van der Waals surface area contributed by atoms with Crippen molar-refractivity contribution < 1.29 is 23.9 Å². The van der Waals surface area contributed by atoms with Gasteiger partial charge in [-0.05, 0) is 42.3 Å². The van der Waals surface area contributed by atoms with E-state index in [0.717, 1.165) is 4.90 Å². The maximum absolute atomic E-state index is 13.0. The molecule has 1 N–H and O–H groups in total. The van der Waals surface area contributed by atoms with E-state index in [1.807, 2.05) is 0 Å². The van der Waals surface area contributed by atoms with E-state index >= 15 is 0 Å². The number of rotatable bonds is 6. The Kier molecular flexibility index (Phi) is 6.23. The summed E-state index contributed by atoms with van der Waals surface area (Å²) in [6.45, 7) is 5.58. The van der Waals surface area contributed by atoms with Crippen molar-refractivity contribution in [1.82, 2.24) is 5.32 Å². The van der Waals surface area contributed by atoms with Gasteiger partial charge in [-0.2, -0.15) is 0 Å². The van der Waals surface area contributed by atoms with Gasteiger partial charge in [0.1, 0.15) is 12.2 Å². The molecule has 1 aliphatic rings. The molecule has 0 spiro atoms. The summed E-state index contributed by atoms with van der Waals surface area (Å²) in [4.78, 5) is 38.7. The number of amides is 4. The number of carbonyl (C=O) groups is 3. The molecule has 8 heteroatoms. The molecule has 1 aliphatic heterocycles. The van der Waals surface area contributed by atoms with E-state index in [4.69, 9.17) is 21.1 Å². The number of imide groups is 2. The molecular formula is C22H19ClN2O5. The summed E-state index contributed by atoms with van der Waals surface area (Å²) in [7, 11) is 1.44. The number of barbiturate groups is 1. The second-order valence-corrected chi connectivity index (χ2v) is 6.79. The molecule has 2 aromatic carbocycles. The maximum atomic E-state index is 13.0. The lowest BCUT2D eigenvalue weighted by molar-refractivity contribution is -0.122. The topological polar surface area (TPSA) is 84.9 Å². The summed E-state index contributed by atoms with van der Waals surface area (Å²) in [5.74, 6) is -0.888. The van der Waals surface area contributed by atoms with Gasteiger partial charge in [0.05, 0.1) is 17.8 Å². The molecule has 1 fully saturated rings. The highest BCUT2D eigenvalue weighted by Gasteiger charge is 2.37. The molecule has 0 aromatic heterocycles. The van der Waals surface area contributed by atoms with Crippen LogP contribution < -0.4 is 19.7 Å². The first-order chi connectivity index (χ1) is 14.4. The van der Waals surface area contributed by atoms with E-state index in [-0.39, 0.29) is 17.2 Å². The van der Waals surface area contributed by atoms with E-state index in [0.29, 0.717) is 28.3 Å². The summed E-state index contributed by atoms with van der Waals surface area (Å²) >= 11 is 6.29. The Bertz CT molecular complexity index is 1080. The standard InChI is InChI=1S/C22H19ClN2O5/c1-4-9-30-19-16(23)11-14(12-18(19)29-3)10-15-20(26)24-22(28)25(21(15)27)17-8-6-5-7-13(17)2/h4-8,10-12H,1,9H2,2-3H3,(H,24,26,28)/b15-10+. The largest absolute Gasteiger partial charge is 0.493 e. The van der Waals surface area contributed by atoms with Gasteiger partial charge in [-0.15, -0.1) is 0 Å². The van der Waals surface area contributed by atoms with Crippen LogP contribution in [0.1, 0.15) is 11.1 Å². The van der Waals surface area contributed by atoms with Crippen molar-refractivity contribution in [1.29, 1.82) is 0 Å². The number of nitrogens with one attached hydrogen (secondary N) is 1. The van der Waals surface area contributed by atoms with Gasteiger partial charge in [-0.25, -0.2) is 9.69 Å². The van der Waals surface area contributed by atoms with Gasteiger partial charge in [-0.3, -0.25) is 14.9 Å². The lowest BCUT2D eigenvalue weighted by Gasteiger charge is -2.27. The summed E-state index contributed by atoms with van der Waals surface area (Å²) in [5.41, 5.74) is 1.32. The van der Waals surface area contributed by atoms with Crippen LogP contribution in [-0.2, 0) is 9.59 Å². The van der Waals surface area contributed by atoms with Crippen LogP contribution >= 0.6 is 11.6 Å². The van der Waals surface area contributed by atoms with Crippen molar-refractivity contribution in [2.75, 3.05) is 18.6 Å². The zero-order chi connectivity index (χ0) is 21.8. The molecule has 0 bridgehead atoms. The third kappa shape index (κ3) is 4.06. The number of benzene rings is 2. The van der Waals surface area contributed by atoms with Crippen molar-refractivity contribution in [2.24, 2.45) is 0 Å². The minimum Gasteiger partial charge on any atom is -0.493 e. The van der Waals surface area contributed by atoms with Crippen molar-refractivity contribution in [3.05, 3.63) is 70.8 Å². The monoisotopic (exact) mass is 426 g/mol. The van der Waals surface area contributed by atoms with Crippen LogP contribution in [0.3, 0.4) is 0 Å². The Morgan fingerprint density at radius 3 is 2.60 bits per heavy atom. The minimum absolute atomic E-state index is 0.212. The number of halogens is 1. The average molecular weight is 427 g/mol. The third-order valence-electron chi connectivity index (χ3n) is 4.37. The van der Waals surface area contributed by atoms with Gasteiger partial charge in [0.15, 0.2) is 11.5 Å². The smallest absolute Gasteiger partial charge is 0.335 e. The fourth-order valence-corrected chi connectivity index (χ4v) is 3.24. The zero-order valence-corrected chi connectivity index (χ0v) is 17.2. The highest BCUT2D eigenvalue weighted by atomic mass is 35.5. The molecule has 0 aliphatic carbocycles. The molecule has 2 aromatic rings. The van der Waals surface area contributed by atoms with Crippen LogP contribution in [-0.4, -0.2) is 31.6 Å². The quantitative estimate of drug-likeness (QED) is 0.430. The van der Waals surface area contributed by atoms with E-state index in [2.05, 4.69) is 11.9 Å². The van der Waals surface area contributed by atoms with Crippen LogP contribution in [0, 0.1) is 6.92 Å². The zero-order valence-electron chi connectivity index (χ0n) is 16.4. The number of methoxy groups -OCH3 is 1. The van der Waals surface area contributed by atoms with Crippen molar-refractivity contribution >= 4 is 41.2 Å². The van der Waals surface area contributed by atoms with Crippen LogP contribution in [0.15, 0.2) is 54.6 Å². The molecule has 1 heterocycles. The molecule has 0 unspecified atom stereocenters. The number of nitrogens with zero attached hydrogens (tertiary/aromatic N) is 1. The first kappa shape index (κ1) is 21.1. The number of urea groups is 1. The first-order valence-corrected chi connectivity index (χ1v) is 9.33. The predicted octanol–water partition coefficient (Wildman–Crippen LogP) is 3.89. The molecule has 4 amide bonds. The van der Waals surface area contributed by atoms with Crippen LogP contribution in [0.2, 0.25) is 5.02 Å². The van der Waals surface area contributed by atoms with Crippen molar-refractivity contribution in [2.45, 2.75) is 6.92 Å². The van der Waals surface area contributed by atoms with Crippen molar-refractivity contribution in [3.8, 4) is 11.5 Å². The second kappa shape index (κ2) is 8.84. The number of para-hydroxylation sites is 1. The Balaban J connectivity index is 2.03. The molecule has 0 radical (unpaired) electrons. The Morgan fingerprint density at radius 1 is 1.20 bits per heavy atom. The third-order valence-corrected chi connectivity index (χ3v) is 4.65. The minimum atomic E-state index is -0.805. The van der Waals surface area contributed by atoms with Gasteiger partial charge in [-0.1, -0.05) is 42.5 Å². The Morgan fingerprint density at radius 2 is 1.93 bits per heavy atom. The van der Waals surface area contributed by atoms with Gasteiger partial charge < -0.3 is 9.47 Å². The number of anilines is 1. The highest BCUT2D eigenvalue weighted by Crippen LogP contribution is 2.37. The average Bonchev–Trinajstić information content (AvgIpc) is 2.71. The van der Waals surface area contributed by atoms with E-state index in [1.54, 1.807) is 43.3 Å². The normalized spacial score (nSPS) is 15.2. The van der Waals surface area contributed by atoms with Gasteiger partial charge in [0.2, 0.25) is 0 Å². The van der Waals surface area contributed by atoms with Crippen LogP contribution in [0.25, 0.3) is 6.08 Å². The van der Waals surface area contributed by atoms with E-state index in [1.165, 1.54) is 19.3 Å². The highest BCUT2D eigenvalue weighted by molar-refractivity contribution is 6.39. The fraction of sp³-hybridized carbons (Fsp3) is 0.136. The first-order valence-electron chi connectivity index (χ1n) is 8.95.